The summed E-state index contributed by atoms with van der Waals surface area (Å²) in [5.41, 5.74) is 0.703. The maximum Gasteiger partial charge on any atom is 0.409 e. The van der Waals surface area contributed by atoms with Crippen LogP contribution in [-0.4, -0.2) is 60.8 Å². The molecule has 2 saturated heterocycles. The smallest absolute Gasteiger partial charge is 0.409 e. The molecule has 0 spiro atoms. The van der Waals surface area contributed by atoms with Crippen LogP contribution in [0.3, 0.4) is 0 Å². The molecule has 0 saturated carbocycles. The number of hydrogen-bond donors (Lipinski definition) is 2. The van der Waals surface area contributed by atoms with Gasteiger partial charge in [0.1, 0.15) is 5.82 Å². The number of pyridine rings is 1. The Labute approximate surface area is 159 Å². The van der Waals surface area contributed by atoms with E-state index in [2.05, 4.69) is 15.6 Å². The molecule has 148 valence electrons. The van der Waals surface area contributed by atoms with E-state index in [1.165, 1.54) is 0 Å². The van der Waals surface area contributed by atoms with Crippen LogP contribution in [0.15, 0.2) is 18.3 Å². The lowest BCUT2D eigenvalue weighted by molar-refractivity contribution is -0.122. The zero-order valence-corrected chi connectivity index (χ0v) is 15.8. The molecule has 0 bridgehead atoms. The van der Waals surface area contributed by atoms with Gasteiger partial charge in [0.15, 0.2) is 0 Å². The molecule has 2 aliphatic rings. The highest BCUT2D eigenvalue weighted by atomic mass is 16.6. The molecule has 2 fully saturated rings. The van der Waals surface area contributed by atoms with Gasteiger partial charge < -0.3 is 25.0 Å². The Morgan fingerprint density at radius 3 is 2.59 bits per heavy atom. The molecule has 0 radical (unpaired) electrons. The number of anilines is 2. The number of nitrogens with zero attached hydrogens (tertiary/aromatic N) is 2. The van der Waals surface area contributed by atoms with Gasteiger partial charge in [0, 0.05) is 38.3 Å². The minimum absolute atomic E-state index is 0.0149. The average molecular weight is 376 g/mol. The molecular weight excluding hydrogens is 348 g/mol. The standard InChI is InChI=1S/C19H28N4O4/c1-2-27-19(25)23-9-5-15(6-10-23)21-17-4-3-16(13-20-17)22-18(24)14-7-11-26-12-8-14/h3-4,13-15H,2,5-12H2,1H3,(H,20,21)(H,22,24). The predicted molar refractivity (Wildman–Crippen MR) is 102 cm³/mol. The Morgan fingerprint density at radius 1 is 1.22 bits per heavy atom. The normalized spacial score (nSPS) is 18.8. The largest absolute Gasteiger partial charge is 0.450 e. The predicted octanol–water partition coefficient (Wildman–Crippen LogP) is 2.48. The fraction of sp³-hybridized carbons (Fsp3) is 0.632. The van der Waals surface area contributed by atoms with E-state index in [9.17, 15) is 9.59 Å². The van der Waals surface area contributed by atoms with Gasteiger partial charge >= 0.3 is 6.09 Å². The van der Waals surface area contributed by atoms with Crippen molar-refractivity contribution in [2.75, 3.05) is 43.5 Å². The second-order valence-corrected chi connectivity index (χ2v) is 6.91. The van der Waals surface area contributed by atoms with Crippen LogP contribution in [0.25, 0.3) is 0 Å². The van der Waals surface area contributed by atoms with Crippen LogP contribution < -0.4 is 10.6 Å². The molecule has 0 aliphatic carbocycles. The van der Waals surface area contributed by atoms with Crippen LogP contribution in [0.5, 0.6) is 0 Å². The van der Waals surface area contributed by atoms with Crippen LogP contribution in [0.1, 0.15) is 32.6 Å². The van der Waals surface area contributed by atoms with Crippen LogP contribution in [-0.2, 0) is 14.3 Å². The van der Waals surface area contributed by atoms with Crippen molar-refractivity contribution < 1.29 is 19.1 Å². The monoisotopic (exact) mass is 376 g/mol. The third-order valence-corrected chi connectivity index (χ3v) is 5.00. The molecular formula is C19H28N4O4. The highest BCUT2D eigenvalue weighted by Gasteiger charge is 2.24. The second-order valence-electron chi connectivity index (χ2n) is 6.91. The van der Waals surface area contributed by atoms with E-state index in [1.54, 1.807) is 11.1 Å². The fourth-order valence-electron chi connectivity index (χ4n) is 3.39. The molecule has 0 unspecified atom stereocenters. The minimum Gasteiger partial charge on any atom is -0.450 e. The number of amides is 2. The number of nitrogens with one attached hydrogen (secondary N) is 2. The third kappa shape index (κ3) is 5.56. The number of carbonyl (C=O) groups excluding carboxylic acids is 2. The lowest BCUT2D eigenvalue weighted by Crippen LogP contribution is -2.42. The Hall–Kier alpha value is -2.35. The van der Waals surface area contributed by atoms with E-state index in [1.807, 2.05) is 19.1 Å². The van der Waals surface area contributed by atoms with Crippen molar-refractivity contribution in [1.82, 2.24) is 9.88 Å². The quantitative estimate of drug-likeness (QED) is 0.820. The number of aromatic nitrogens is 1. The number of likely N-dealkylation sites (tertiary alicyclic amines) is 1. The first kappa shape index (κ1) is 19.4. The molecule has 8 heteroatoms. The number of rotatable bonds is 5. The van der Waals surface area contributed by atoms with Crippen LogP contribution in [0, 0.1) is 5.92 Å². The third-order valence-electron chi connectivity index (χ3n) is 5.00. The topological polar surface area (TPSA) is 92.8 Å². The SMILES string of the molecule is CCOC(=O)N1CCC(Nc2ccc(NC(=O)C3CCOCC3)cn2)CC1. The van der Waals surface area contributed by atoms with Gasteiger partial charge in [-0.1, -0.05) is 0 Å². The van der Waals surface area contributed by atoms with Crippen molar-refractivity contribution in [1.29, 1.82) is 0 Å². The number of piperidine rings is 1. The molecule has 2 aliphatic heterocycles. The fourth-order valence-corrected chi connectivity index (χ4v) is 3.39. The van der Waals surface area contributed by atoms with Gasteiger partial charge in [-0.25, -0.2) is 9.78 Å². The van der Waals surface area contributed by atoms with Gasteiger partial charge in [0.2, 0.25) is 5.91 Å². The summed E-state index contributed by atoms with van der Waals surface area (Å²) in [7, 11) is 0. The molecule has 27 heavy (non-hydrogen) atoms. The summed E-state index contributed by atoms with van der Waals surface area (Å²) in [5, 5.41) is 6.33. The summed E-state index contributed by atoms with van der Waals surface area (Å²) in [4.78, 5) is 30.1. The Balaban J connectivity index is 1.44. The van der Waals surface area contributed by atoms with Crippen molar-refractivity contribution in [3.8, 4) is 0 Å². The first-order valence-corrected chi connectivity index (χ1v) is 9.68. The summed E-state index contributed by atoms with van der Waals surface area (Å²) >= 11 is 0. The Kier molecular flexibility index (Phi) is 6.86. The van der Waals surface area contributed by atoms with Gasteiger partial charge in [-0.15, -0.1) is 0 Å². The minimum atomic E-state index is -0.237. The lowest BCUT2D eigenvalue weighted by Gasteiger charge is -2.31. The van der Waals surface area contributed by atoms with Gasteiger partial charge in [-0.2, -0.15) is 0 Å². The summed E-state index contributed by atoms with van der Waals surface area (Å²) in [6.07, 6.45) is 4.67. The van der Waals surface area contributed by atoms with Crippen molar-refractivity contribution in [3.63, 3.8) is 0 Å². The highest BCUT2D eigenvalue weighted by molar-refractivity contribution is 5.92. The van der Waals surface area contributed by atoms with E-state index in [-0.39, 0.29) is 24.0 Å². The van der Waals surface area contributed by atoms with Crippen molar-refractivity contribution in [2.45, 2.75) is 38.6 Å². The maximum atomic E-state index is 12.2. The van der Waals surface area contributed by atoms with Crippen LogP contribution in [0.2, 0.25) is 0 Å². The molecule has 8 nitrogen and oxygen atoms in total. The van der Waals surface area contributed by atoms with E-state index >= 15 is 0 Å². The van der Waals surface area contributed by atoms with E-state index in [0.29, 0.717) is 38.6 Å². The van der Waals surface area contributed by atoms with Crippen LogP contribution >= 0.6 is 0 Å². The van der Waals surface area contributed by atoms with Gasteiger partial charge in [-0.3, -0.25) is 4.79 Å². The molecule has 3 rings (SSSR count). The molecule has 1 aromatic rings. The van der Waals surface area contributed by atoms with E-state index in [0.717, 1.165) is 31.5 Å². The Bertz CT molecular complexity index is 623. The lowest BCUT2D eigenvalue weighted by atomic mass is 9.99. The first-order valence-electron chi connectivity index (χ1n) is 9.68. The zero-order chi connectivity index (χ0) is 19.1. The summed E-state index contributed by atoms with van der Waals surface area (Å²) < 4.78 is 10.3. The summed E-state index contributed by atoms with van der Waals surface area (Å²) in [6, 6.07) is 4.00. The molecule has 0 aromatic carbocycles. The van der Waals surface area contributed by atoms with Crippen molar-refractivity contribution >= 4 is 23.5 Å². The highest BCUT2D eigenvalue weighted by Crippen LogP contribution is 2.19. The first-order chi connectivity index (χ1) is 13.2. The Morgan fingerprint density at radius 2 is 1.96 bits per heavy atom. The van der Waals surface area contributed by atoms with Gasteiger partial charge in [-0.05, 0) is 44.7 Å². The molecule has 1 aromatic heterocycles. The molecule has 0 atom stereocenters. The number of carbonyl (C=O) groups is 2. The summed E-state index contributed by atoms with van der Waals surface area (Å²) in [6.45, 7) is 4.86. The van der Waals surface area contributed by atoms with Crippen molar-refractivity contribution in [2.24, 2.45) is 5.92 Å². The van der Waals surface area contributed by atoms with E-state index in [4.69, 9.17) is 9.47 Å². The van der Waals surface area contributed by atoms with Gasteiger partial charge in [0.05, 0.1) is 18.5 Å². The average Bonchev–Trinajstić information content (AvgIpc) is 2.71. The molecule has 2 amide bonds. The van der Waals surface area contributed by atoms with E-state index < -0.39 is 0 Å². The molecule has 2 N–H and O–H groups in total. The number of hydrogen-bond acceptors (Lipinski definition) is 6. The summed E-state index contributed by atoms with van der Waals surface area (Å²) in [5.74, 6) is 0.821. The zero-order valence-electron chi connectivity index (χ0n) is 15.8. The molecule has 3 heterocycles. The van der Waals surface area contributed by atoms with Crippen LogP contribution in [0.4, 0.5) is 16.3 Å². The van der Waals surface area contributed by atoms with Gasteiger partial charge in [0.25, 0.3) is 0 Å². The second kappa shape index (κ2) is 9.55. The number of ether oxygens (including phenoxy) is 2. The van der Waals surface area contributed by atoms with Crippen molar-refractivity contribution in [3.05, 3.63) is 18.3 Å². The maximum absolute atomic E-state index is 12.2.